The van der Waals surface area contributed by atoms with Crippen molar-refractivity contribution in [3.8, 4) is 0 Å². The lowest BCUT2D eigenvalue weighted by atomic mass is 9.87. The molecule has 0 aliphatic carbocycles. The summed E-state index contributed by atoms with van der Waals surface area (Å²) in [7, 11) is 0. The molecule has 19 heavy (non-hydrogen) atoms. The molecule has 0 spiro atoms. The van der Waals surface area contributed by atoms with Crippen molar-refractivity contribution in [2.45, 2.75) is 33.1 Å². The molecule has 3 heteroatoms. The Labute approximate surface area is 114 Å². The summed E-state index contributed by atoms with van der Waals surface area (Å²) in [6, 6.07) is 8.34. The molecule has 0 atom stereocenters. The van der Waals surface area contributed by atoms with Crippen LogP contribution in [0.5, 0.6) is 0 Å². The third kappa shape index (κ3) is 3.47. The van der Waals surface area contributed by atoms with E-state index in [9.17, 15) is 0 Å². The summed E-state index contributed by atoms with van der Waals surface area (Å²) in [4.78, 5) is 12.9. The number of aliphatic imine (C=N–C) groups is 1. The van der Waals surface area contributed by atoms with Gasteiger partial charge in [-0.1, -0.05) is 32.9 Å². The SMILES string of the molecule is CC(=Nc1ccc(C(C)(C)C)cc1)c1cnccn1. The third-order valence-electron chi connectivity index (χ3n) is 2.96. The molecule has 0 radical (unpaired) electrons. The van der Waals surface area contributed by atoms with Crippen molar-refractivity contribution in [3.63, 3.8) is 0 Å². The van der Waals surface area contributed by atoms with Crippen LogP contribution in [-0.4, -0.2) is 15.7 Å². The van der Waals surface area contributed by atoms with Gasteiger partial charge in [0.05, 0.1) is 17.6 Å². The Hall–Kier alpha value is -2.03. The summed E-state index contributed by atoms with van der Waals surface area (Å²) in [5.74, 6) is 0. The van der Waals surface area contributed by atoms with Crippen LogP contribution >= 0.6 is 0 Å². The number of rotatable bonds is 2. The summed E-state index contributed by atoms with van der Waals surface area (Å²) in [5.41, 5.74) is 4.10. The van der Waals surface area contributed by atoms with Crippen molar-refractivity contribution in [2.75, 3.05) is 0 Å². The van der Waals surface area contributed by atoms with Gasteiger partial charge in [-0.15, -0.1) is 0 Å². The molecule has 0 aliphatic heterocycles. The highest BCUT2D eigenvalue weighted by Gasteiger charge is 2.12. The van der Waals surface area contributed by atoms with E-state index >= 15 is 0 Å². The van der Waals surface area contributed by atoms with Crippen molar-refractivity contribution < 1.29 is 0 Å². The smallest absolute Gasteiger partial charge is 0.102 e. The topological polar surface area (TPSA) is 38.1 Å². The van der Waals surface area contributed by atoms with Gasteiger partial charge in [-0.25, -0.2) is 0 Å². The molecule has 0 aliphatic rings. The molecule has 0 saturated carbocycles. The second kappa shape index (κ2) is 5.31. The molecule has 1 heterocycles. The van der Waals surface area contributed by atoms with Crippen LogP contribution in [0.15, 0.2) is 47.8 Å². The fraction of sp³-hybridized carbons (Fsp3) is 0.312. The molecular formula is C16H19N3. The number of nitrogens with zero attached hydrogens (tertiary/aromatic N) is 3. The van der Waals surface area contributed by atoms with Gasteiger partial charge in [0.2, 0.25) is 0 Å². The maximum Gasteiger partial charge on any atom is 0.102 e. The van der Waals surface area contributed by atoms with E-state index < -0.39 is 0 Å². The van der Waals surface area contributed by atoms with E-state index in [1.165, 1.54) is 5.56 Å². The lowest BCUT2D eigenvalue weighted by Crippen LogP contribution is -2.10. The third-order valence-corrected chi connectivity index (χ3v) is 2.96. The molecule has 1 aromatic carbocycles. The van der Waals surface area contributed by atoms with Gasteiger partial charge in [0.1, 0.15) is 5.69 Å². The minimum absolute atomic E-state index is 0.169. The highest BCUT2D eigenvalue weighted by molar-refractivity contribution is 5.98. The van der Waals surface area contributed by atoms with Gasteiger partial charge < -0.3 is 0 Å². The summed E-state index contributed by atoms with van der Waals surface area (Å²) < 4.78 is 0. The maximum atomic E-state index is 4.57. The average Bonchev–Trinajstić information content (AvgIpc) is 2.39. The molecule has 0 fully saturated rings. The second-order valence-electron chi connectivity index (χ2n) is 5.58. The second-order valence-corrected chi connectivity index (χ2v) is 5.58. The zero-order valence-electron chi connectivity index (χ0n) is 11.9. The highest BCUT2D eigenvalue weighted by Crippen LogP contribution is 2.24. The molecule has 0 amide bonds. The molecule has 1 aromatic heterocycles. The van der Waals surface area contributed by atoms with Crippen LogP contribution < -0.4 is 0 Å². The van der Waals surface area contributed by atoms with E-state index in [1.807, 2.05) is 19.1 Å². The van der Waals surface area contributed by atoms with Crippen molar-refractivity contribution in [2.24, 2.45) is 4.99 Å². The standard InChI is InChI=1S/C16H19N3/c1-12(15-11-17-9-10-18-15)19-14-7-5-13(6-8-14)16(2,3)4/h5-11H,1-4H3. The predicted octanol–water partition coefficient (Wildman–Crippen LogP) is 3.91. The molecule has 0 saturated heterocycles. The normalized spacial score (nSPS) is 12.5. The molecule has 0 bridgehead atoms. The first-order valence-electron chi connectivity index (χ1n) is 6.39. The summed E-state index contributed by atoms with van der Waals surface area (Å²) >= 11 is 0. The molecule has 0 unspecified atom stereocenters. The van der Waals surface area contributed by atoms with Crippen LogP contribution in [0.3, 0.4) is 0 Å². The van der Waals surface area contributed by atoms with Crippen molar-refractivity contribution >= 4 is 11.4 Å². The number of hydrogen-bond donors (Lipinski definition) is 0. The van der Waals surface area contributed by atoms with E-state index in [0.717, 1.165) is 17.1 Å². The zero-order valence-corrected chi connectivity index (χ0v) is 11.9. The molecule has 3 nitrogen and oxygen atoms in total. The van der Waals surface area contributed by atoms with Crippen molar-refractivity contribution in [3.05, 3.63) is 54.1 Å². The highest BCUT2D eigenvalue weighted by atomic mass is 14.8. The van der Waals surface area contributed by atoms with Crippen molar-refractivity contribution in [1.82, 2.24) is 9.97 Å². The van der Waals surface area contributed by atoms with Crippen LogP contribution in [0.1, 0.15) is 39.0 Å². The van der Waals surface area contributed by atoms with Crippen LogP contribution in [-0.2, 0) is 5.41 Å². The Bertz CT molecular complexity index is 563. The molecule has 98 valence electrons. The van der Waals surface area contributed by atoms with Gasteiger partial charge in [0.25, 0.3) is 0 Å². The molecule has 2 rings (SSSR count). The Kier molecular flexibility index (Phi) is 3.74. The van der Waals surface area contributed by atoms with E-state index in [2.05, 4.69) is 47.9 Å². The Morgan fingerprint density at radius 3 is 2.26 bits per heavy atom. The lowest BCUT2D eigenvalue weighted by Gasteiger charge is -2.18. The van der Waals surface area contributed by atoms with Crippen molar-refractivity contribution in [1.29, 1.82) is 0 Å². The van der Waals surface area contributed by atoms with Gasteiger partial charge in [0, 0.05) is 12.4 Å². The minimum Gasteiger partial charge on any atom is -0.261 e. The van der Waals surface area contributed by atoms with Gasteiger partial charge >= 0.3 is 0 Å². The molecule has 0 N–H and O–H groups in total. The van der Waals surface area contributed by atoms with E-state index in [0.29, 0.717) is 0 Å². The molecular weight excluding hydrogens is 234 g/mol. The average molecular weight is 253 g/mol. The summed E-state index contributed by atoms with van der Waals surface area (Å²) in [5, 5.41) is 0. The Morgan fingerprint density at radius 2 is 1.74 bits per heavy atom. The van der Waals surface area contributed by atoms with Crippen LogP contribution in [0.25, 0.3) is 0 Å². The fourth-order valence-corrected chi connectivity index (χ4v) is 1.77. The van der Waals surface area contributed by atoms with Gasteiger partial charge in [-0.05, 0) is 30.0 Å². The van der Waals surface area contributed by atoms with Gasteiger partial charge in [-0.2, -0.15) is 0 Å². The number of benzene rings is 1. The lowest BCUT2D eigenvalue weighted by molar-refractivity contribution is 0.590. The van der Waals surface area contributed by atoms with Gasteiger partial charge in [0.15, 0.2) is 0 Å². The van der Waals surface area contributed by atoms with E-state index in [1.54, 1.807) is 18.6 Å². The van der Waals surface area contributed by atoms with Crippen LogP contribution in [0, 0.1) is 0 Å². The Morgan fingerprint density at radius 1 is 1.05 bits per heavy atom. The van der Waals surface area contributed by atoms with Crippen LogP contribution in [0.4, 0.5) is 5.69 Å². The minimum atomic E-state index is 0.169. The fourth-order valence-electron chi connectivity index (χ4n) is 1.77. The predicted molar refractivity (Wildman–Crippen MR) is 79.0 cm³/mol. The number of hydrogen-bond acceptors (Lipinski definition) is 3. The van der Waals surface area contributed by atoms with Crippen LogP contribution in [0.2, 0.25) is 0 Å². The summed E-state index contributed by atoms with van der Waals surface area (Å²) in [6.07, 6.45) is 5.06. The zero-order chi connectivity index (χ0) is 13.9. The summed E-state index contributed by atoms with van der Waals surface area (Å²) in [6.45, 7) is 8.56. The maximum absolute atomic E-state index is 4.57. The Balaban J connectivity index is 2.24. The quantitative estimate of drug-likeness (QED) is 0.761. The first kappa shape index (κ1) is 13.4. The first-order valence-corrected chi connectivity index (χ1v) is 6.39. The first-order chi connectivity index (χ1) is 8.97. The molecule has 2 aromatic rings. The van der Waals surface area contributed by atoms with Gasteiger partial charge in [-0.3, -0.25) is 15.0 Å². The van der Waals surface area contributed by atoms with E-state index in [-0.39, 0.29) is 5.41 Å². The van der Waals surface area contributed by atoms with E-state index in [4.69, 9.17) is 0 Å². The monoisotopic (exact) mass is 253 g/mol. The number of aromatic nitrogens is 2. The largest absolute Gasteiger partial charge is 0.261 e.